The fourth-order valence-electron chi connectivity index (χ4n) is 3.46. The number of rotatable bonds is 3. The highest BCUT2D eigenvalue weighted by molar-refractivity contribution is 6.03. The monoisotopic (exact) mass is 347 g/mol. The Labute approximate surface area is 148 Å². The minimum Gasteiger partial charge on any atom is -0.337 e. The van der Waals surface area contributed by atoms with Gasteiger partial charge in [0.15, 0.2) is 11.6 Å². The van der Waals surface area contributed by atoms with Gasteiger partial charge in [0.25, 0.3) is 0 Å². The molecule has 0 bridgehead atoms. The first kappa shape index (κ1) is 14.9. The second-order valence-corrected chi connectivity index (χ2v) is 6.42. The Bertz CT molecular complexity index is 1140. The van der Waals surface area contributed by atoms with E-state index in [0.29, 0.717) is 12.2 Å². The number of aromatic nitrogens is 5. The van der Waals surface area contributed by atoms with E-state index in [1.54, 1.807) is 11.1 Å². The van der Waals surface area contributed by atoms with Crippen molar-refractivity contribution in [2.45, 2.75) is 12.8 Å². The number of fused-ring (bicyclic) bond motifs is 2. The molecule has 2 N–H and O–H groups in total. The lowest BCUT2D eigenvalue weighted by atomic mass is 10.2. The lowest BCUT2D eigenvalue weighted by Crippen LogP contribution is -2.24. The van der Waals surface area contributed by atoms with Gasteiger partial charge >= 0.3 is 0 Å². The summed E-state index contributed by atoms with van der Waals surface area (Å²) in [5.41, 5.74) is 3.52. The highest BCUT2D eigenvalue weighted by Crippen LogP contribution is 2.31. The standard InChI is InChI=1S/C18H17N7O/c1-24-14-10-11(20-17-16-13(21-22-17)4-2-8-19-16)6-7-12(14)18(23-24)25-9-3-5-15(25)26/h2,4,6-8,10H,3,5,9H2,1H3,(H2,20,21,22). The summed E-state index contributed by atoms with van der Waals surface area (Å²) in [6.07, 6.45) is 3.22. The molecule has 8 heteroatoms. The van der Waals surface area contributed by atoms with Crippen LogP contribution >= 0.6 is 0 Å². The molecule has 0 aliphatic carbocycles. The van der Waals surface area contributed by atoms with Crippen LogP contribution < -0.4 is 10.2 Å². The van der Waals surface area contributed by atoms with Gasteiger partial charge in [-0.05, 0) is 36.8 Å². The van der Waals surface area contributed by atoms with E-state index >= 15 is 0 Å². The minimum atomic E-state index is 0.140. The molecule has 1 amide bonds. The summed E-state index contributed by atoms with van der Waals surface area (Å²) in [5.74, 6) is 1.56. The highest BCUT2D eigenvalue weighted by atomic mass is 16.2. The van der Waals surface area contributed by atoms with Crippen LogP contribution in [0.15, 0.2) is 36.5 Å². The van der Waals surface area contributed by atoms with Crippen molar-refractivity contribution in [1.82, 2.24) is 25.0 Å². The van der Waals surface area contributed by atoms with Crippen LogP contribution in [-0.2, 0) is 11.8 Å². The van der Waals surface area contributed by atoms with Gasteiger partial charge in [0.05, 0.1) is 11.0 Å². The molecular formula is C18H17N7O. The number of aromatic amines is 1. The molecule has 0 spiro atoms. The molecule has 1 fully saturated rings. The Balaban J connectivity index is 1.54. The molecule has 0 atom stereocenters. The fraction of sp³-hybridized carbons (Fsp3) is 0.222. The third-order valence-electron chi connectivity index (χ3n) is 4.74. The van der Waals surface area contributed by atoms with Gasteiger partial charge in [0.1, 0.15) is 5.52 Å². The smallest absolute Gasteiger partial charge is 0.228 e. The van der Waals surface area contributed by atoms with Crippen LogP contribution in [0.5, 0.6) is 0 Å². The predicted molar refractivity (Wildman–Crippen MR) is 99.5 cm³/mol. The van der Waals surface area contributed by atoms with Crippen molar-refractivity contribution >= 4 is 45.2 Å². The lowest BCUT2D eigenvalue weighted by Gasteiger charge is -2.12. The van der Waals surface area contributed by atoms with Crippen molar-refractivity contribution in [2.75, 3.05) is 16.8 Å². The summed E-state index contributed by atoms with van der Waals surface area (Å²) >= 11 is 0. The van der Waals surface area contributed by atoms with Crippen LogP contribution in [-0.4, -0.2) is 37.4 Å². The number of anilines is 3. The van der Waals surface area contributed by atoms with Gasteiger partial charge in [-0.2, -0.15) is 10.2 Å². The summed E-state index contributed by atoms with van der Waals surface area (Å²) in [7, 11) is 1.89. The third kappa shape index (κ3) is 2.22. The second kappa shape index (κ2) is 5.55. The Hall–Kier alpha value is -3.42. The summed E-state index contributed by atoms with van der Waals surface area (Å²) in [4.78, 5) is 18.2. The van der Waals surface area contributed by atoms with E-state index in [4.69, 9.17) is 0 Å². The largest absolute Gasteiger partial charge is 0.337 e. The molecule has 0 unspecified atom stereocenters. The molecule has 1 saturated heterocycles. The van der Waals surface area contributed by atoms with Crippen LogP contribution in [0, 0.1) is 0 Å². The van der Waals surface area contributed by atoms with Crippen LogP contribution in [0.1, 0.15) is 12.8 Å². The molecule has 4 heterocycles. The molecule has 3 aromatic heterocycles. The molecule has 0 saturated carbocycles. The van der Waals surface area contributed by atoms with Crippen molar-refractivity contribution in [1.29, 1.82) is 0 Å². The molecule has 1 aromatic carbocycles. The van der Waals surface area contributed by atoms with E-state index in [9.17, 15) is 4.79 Å². The molecular weight excluding hydrogens is 330 g/mol. The fourth-order valence-corrected chi connectivity index (χ4v) is 3.46. The van der Waals surface area contributed by atoms with E-state index in [-0.39, 0.29) is 5.91 Å². The van der Waals surface area contributed by atoms with Gasteiger partial charge in [-0.15, -0.1) is 0 Å². The topological polar surface area (TPSA) is 91.7 Å². The first-order valence-electron chi connectivity index (χ1n) is 8.54. The Morgan fingerprint density at radius 1 is 1.27 bits per heavy atom. The quantitative estimate of drug-likeness (QED) is 0.594. The Morgan fingerprint density at radius 3 is 3.04 bits per heavy atom. The molecule has 0 radical (unpaired) electrons. The van der Waals surface area contributed by atoms with Gasteiger partial charge in [-0.1, -0.05) is 0 Å². The summed E-state index contributed by atoms with van der Waals surface area (Å²) < 4.78 is 1.81. The number of amides is 1. The summed E-state index contributed by atoms with van der Waals surface area (Å²) in [6.45, 7) is 0.732. The first-order valence-corrected chi connectivity index (χ1v) is 8.54. The van der Waals surface area contributed by atoms with E-state index in [1.807, 2.05) is 42.1 Å². The number of carbonyl (C=O) groups excluding carboxylic acids is 1. The van der Waals surface area contributed by atoms with Crippen molar-refractivity contribution in [3.63, 3.8) is 0 Å². The van der Waals surface area contributed by atoms with Crippen molar-refractivity contribution in [3.05, 3.63) is 36.5 Å². The number of benzene rings is 1. The maximum Gasteiger partial charge on any atom is 0.228 e. The molecule has 130 valence electrons. The average Bonchev–Trinajstić information content (AvgIpc) is 3.34. The highest BCUT2D eigenvalue weighted by Gasteiger charge is 2.26. The zero-order valence-corrected chi connectivity index (χ0v) is 14.2. The second-order valence-electron chi connectivity index (χ2n) is 6.42. The van der Waals surface area contributed by atoms with E-state index in [0.717, 1.165) is 46.4 Å². The van der Waals surface area contributed by atoms with E-state index in [2.05, 4.69) is 25.6 Å². The van der Waals surface area contributed by atoms with Crippen molar-refractivity contribution in [3.8, 4) is 0 Å². The Kier molecular flexibility index (Phi) is 3.18. The molecule has 5 rings (SSSR count). The summed E-state index contributed by atoms with van der Waals surface area (Å²) in [6, 6.07) is 9.78. The minimum absolute atomic E-state index is 0.140. The summed E-state index contributed by atoms with van der Waals surface area (Å²) in [5, 5.41) is 16.1. The Morgan fingerprint density at radius 2 is 2.19 bits per heavy atom. The molecule has 1 aliphatic rings. The van der Waals surface area contributed by atoms with Crippen LogP contribution in [0.25, 0.3) is 21.9 Å². The van der Waals surface area contributed by atoms with Crippen LogP contribution in [0.2, 0.25) is 0 Å². The van der Waals surface area contributed by atoms with Gasteiger partial charge in [-0.25, -0.2) is 0 Å². The molecule has 26 heavy (non-hydrogen) atoms. The number of aryl methyl sites for hydroxylation is 1. The number of H-pyrrole nitrogens is 1. The number of nitrogens with one attached hydrogen (secondary N) is 2. The number of hydrogen-bond acceptors (Lipinski definition) is 5. The van der Waals surface area contributed by atoms with Crippen molar-refractivity contribution < 1.29 is 4.79 Å². The third-order valence-corrected chi connectivity index (χ3v) is 4.74. The zero-order chi connectivity index (χ0) is 17.7. The number of carbonyl (C=O) groups is 1. The maximum atomic E-state index is 12.1. The molecule has 1 aliphatic heterocycles. The molecule has 8 nitrogen and oxygen atoms in total. The zero-order valence-electron chi connectivity index (χ0n) is 14.2. The van der Waals surface area contributed by atoms with Gasteiger partial charge in [-0.3, -0.25) is 24.5 Å². The predicted octanol–water partition coefficient (Wildman–Crippen LogP) is 2.72. The first-order chi connectivity index (χ1) is 12.7. The average molecular weight is 347 g/mol. The lowest BCUT2D eigenvalue weighted by molar-refractivity contribution is -0.117. The van der Waals surface area contributed by atoms with Gasteiger partial charge in [0, 0.05) is 37.3 Å². The van der Waals surface area contributed by atoms with Gasteiger partial charge in [0.2, 0.25) is 5.91 Å². The number of nitrogens with zero attached hydrogens (tertiary/aromatic N) is 5. The maximum absolute atomic E-state index is 12.1. The van der Waals surface area contributed by atoms with E-state index in [1.165, 1.54) is 0 Å². The molecule has 4 aromatic rings. The SMILES string of the molecule is Cn1nc(N2CCCC2=O)c2ccc(Nc3n[nH]c4cccnc34)cc21. The van der Waals surface area contributed by atoms with Crippen LogP contribution in [0.3, 0.4) is 0 Å². The number of pyridine rings is 1. The van der Waals surface area contributed by atoms with Crippen molar-refractivity contribution in [2.24, 2.45) is 7.05 Å². The normalized spacial score (nSPS) is 14.7. The van der Waals surface area contributed by atoms with E-state index < -0.39 is 0 Å². The van der Waals surface area contributed by atoms with Gasteiger partial charge < -0.3 is 5.32 Å². The number of hydrogen-bond donors (Lipinski definition) is 2. The van der Waals surface area contributed by atoms with Crippen LogP contribution in [0.4, 0.5) is 17.3 Å².